The zero-order valence-electron chi connectivity index (χ0n) is 59.1. The van der Waals surface area contributed by atoms with Crippen molar-refractivity contribution in [3.8, 4) is 0 Å². The van der Waals surface area contributed by atoms with E-state index in [1.54, 1.807) is 0 Å². The molecule has 0 aliphatic carbocycles. The molecule has 0 saturated carbocycles. The molecule has 0 bridgehead atoms. The minimum Gasteiger partial charge on any atom is -0.380 e. The molecule has 0 aromatic carbocycles. The fourth-order valence-electron chi connectivity index (χ4n) is 7.95. The molecule has 0 rings (SSSR count). The minimum absolute atomic E-state index is 0.116. The highest BCUT2D eigenvalue weighted by Crippen LogP contribution is 2.22. The Morgan fingerprint density at radius 2 is 0.465 bits per heavy atom. The SMILES string of the molecule is CN(CC(=O)NCCOCCN=[N+]=[N-])C(=O)CN(C)C(=O)CCOCC(COCCC(=O)N(C)CC(=O)N(C)CC(=O)NCCOCCN=[N+]=[N-])(COCCC(=O)N(C)CC(=O)N(C)CC(=O)NCCOCCN=[N+]=[N-])COCCC(=O)N(C)CC(=O)N(C)CC(=O)NCCOCCN=[N+]=[N-]. The molecule has 0 atom stereocenters. The van der Waals surface area contributed by atoms with E-state index < -0.39 is 102 Å². The van der Waals surface area contributed by atoms with Gasteiger partial charge in [0.2, 0.25) is 70.9 Å². The van der Waals surface area contributed by atoms with Crippen molar-refractivity contribution < 1.29 is 95.4 Å². The fraction of sp³-hybridized carbons (Fsp3) is 0.789. The highest BCUT2D eigenvalue weighted by Gasteiger charge is 2.34. The van der Waals surface area contributed by atoms with Gasteiger partial charge in [0, 0.05) is 128 Å². The van der Waals surface area contributed by atoms with Gasteiger partial charge in [0.05, 0.1) is 189 Å². The number of likely N-dealkylation sites (N-methyl/N-ethyl adjacent to an activating group) is 8. The van der Waals surface area contributed by atoms with Gasteiger partial charge in [-0.1, -0.05) is 20.5 Å². The summed E-state index contributed by atoms with van der Waals surface area (Å²) < 4.78 is 45.4. The largest absolute Gasteiger partial charge is 0.380 e. The maximum absolute atomic E-state index is 13.4. The molecule has 44 nitrogen and oxygen atoms in total. The number of rotatable bonds is 60. The Kier molecular flexibility index (Phi) is 52.0. The summed E-state index contributed by atoms with van der Waals surface area (Å²) in [6.45, 7) is -3.12. The van der Waals surface area contributed by atoms with Crippen molar-refractivity contribution in [2.24, 2.45) is 25.9 Å². The lowest BCUT2D eigenvalue weighted by Crippen LogP contribution is -2.45. The molecule has 12 amide bonds. The lowest BCUT2D eigenvalue weighted by Gasteiger charge is -2.33. The van der Waals surface area contributed by atoms with Crippen LogP contribution in [0.2, 0.25) is 0 Å². The van der Waals surface area contributed by atoms with Gasteiger partial charge < -0.3 is 98.4 Å². The highest BCUT2D eigenvalue weighted by molar-refractivity contribution is 5.91. The second kappa shape index (κ2) is 57.3. The van der Waals surface area contributed by atoms with Gasteiger partial charge in [-0.3, -0.25) is 57.5 Å². The van der Waals surface area contributed by atoms with E-state index in [0.717, 1.165) is 39.2 Å². The van der Waals surface area contributed by atoms with E-state index in [1.165, 1.54) is 56.4 Å². The van der Waals surface area contributed by atoms with Gasteiger partial charge >= 0.3 is 0 Å². The van der Waals surface area contributed by atoms with E-state index in [-0.39, 0.29) is 210 Å². The molecule has 0 heterocycles. The van der Waals surface area contributed by atoms with E-state index in [9.17, 15) is 57.5 Å². The Hall–Kier alpha value is -9.44. The summed E-state index contributed by atoms with van der Waals surface area (Å²) in [6.07, 6.45) is -1.08. The molecule has 0 aromatic rings. The maximum Gasteiger partial charge on any atom is 0.242 e. The van der Waals surface area contributed by atoms with Crippen LogP contribution in [0.3, 0.4) is 0 Å². The van der Waals surface area contributed by atoms with Gasteiger partial charge in [0.25, 0.3) is 0 Å². The van der Waals surface area contributed by atoms with E-state index in [4.69, 9.17) is 60.0 Å². The molecule has 101 heavy (non-hydrogen) atoms. The first-order valence-electron chi connectivity index (χ1n) is 31.9. The minimum atomic E-state index is -1.36. The Bertz CT molecular complexity index is 2420. The number of carbonyl (C=O) groups excluding carboxylic acids is 12. The summed E-state index contributed by atoms with van der Waals surface area (Å²) in [7, 11) is 11.0. The number of amides is 12. The van der Waals surface area contributed by atoms with E-state index in [1.807, 2.05) is 0 Å². The molecule has 0 fully saturated rings. The van der Waals surface area contributed by atoms with Gasteiger partial charge in [0.1, 0.15) is 0 Å². The van der Waals surface area contributed by atoms with Crippen molar-refractivity contribution in [3.05, 3.63) is 41.8 Å². The molecule has 0 unspecified atom stereocenters. The van der Waals surface area contributed by atoms with Crippen LogP contribution in [0, 0.1) is 5.41 Å². The standard InChI is InChI=1S/C57H100N24O20/c1-74(33-45(82)62-13-25-94-29-17-66-70-58)53(90)37-78(5)49(86)9-21-98-41-57(42-99-22-10-50(87)79(6)38-54(91)75(2)34-46(83)63-14-26-95-30-18-67-71-59,43-100-23-11-51(88)80(7)39-55(92)76(3)35-47(84)64-15-27-96-31-19-68-72-60)44-101-24-12-52(89)81(8)40-56(93)77(4)36-48(85)65-16-28-97-32-20-69-73-61/h9-44H2,1-8H3,(H,62,82)(H,63,83)(H,64,84)(H,65,85). The molecule has 568 valence electrons. The molecule has 0 spiro atoms. The zero-order valence-corrected chi connectivity index (χ0v) is 59.1. The first-order valence-corrected chi connectivity index (χ1v) is 31.9. The number of hydrogen-bond donors (Lipinski definition) is 4. The monoisotopic (exact) mass is 1440 g/mol. The number of nitrogens with zero attached hydrogens (tertiary/aromatic N) is 20. The van der Waals surface area contributed by atoms with E-state index >= 15 is 0 Å². The number of azide groups is 4. The average molecular weight is 1440 g/mol. The summed E-state index contributed by atoms with van der Waals surface area (Å²) in [5, 5.41) is 23.8. The lowest BCUT2D eigenvalue weighted by molar-refractivity contribution is -0.143. The summed E-state index contributed by atoms with van der Waals surface area (Å²) >= 11 is 0. The Morgan fingerprint density at radius 1 is 0.277 bits per heavy atom. The molecule has 0 saturated heterocycles. The predicted octanol–water partition coefficient (Wildman–Crippen LogP) is -2.96. The molecule has 44 heteroatoms. The molecule has 0 aromatic heterocycles. The van der Waals surface area contributed by atoms with Crippen molar-refractivity contribution in [3.63, 3.8) is 0 Å². The van der Waals surface area contributed by atoms with E-state index in [0.29, 0.717) is 0 Å². The third-order valence-electron chi connectivity index (χ3n) is 13.8. The normalized spacial score (nSPS) is 11.1. The van der Waals surface area contributed by atoms with Gasteiger partial charge in [-0.05, 0) is 22.1 Å². The Morgan fingerprint density at radius 3 is 0.653 bits per heavy atom. The first-order chi connectivity index (χ1) is 48.3. The van der Waals surface area contributed by atoms with Crippen molar-refractivity contribution in [2.75, 3.05) is 267 Å². The molecular formula is C57H100N24O20. The van der Waals surface area contributed by atoms with Crippen LogP contribution in [-0.4, -0.2) is 377 Å². The van der Waals surface area contributed by atoms with Gasteiger partial charge in [-0.25, -0.2) is 0 Å². The fourth-order valence-corrected chi connectivity index (χ4v) is 7.95. The topological polar surface area (TPSA) is 548 Å². The quantitative estimate of drug-likeness (QED) is 0.0205. The second-order valence-corrected chi connectivity index (χ2v) is 22.4. The van der Waals surface area contributed by atoms with Crippen molar-refractivity contribution in [1.82, 2.24) is 60.5 Å². The van der Waals surface area contributed by atoms with E-state index in [2.05, 4.69) is 61.4 Å². The smallest absolute Gasteiger partial charge is 0.242 e. The van der Waals surface area contributed by atoms with Crippen LogP contribution in [0.4, 0.5) is 0 Å². The van der Waals surface area contributed by atoms with Crippen LogP contribution in [0.5, 0.6) is 0 Å². The van der Waals surface area contributed by atoms with Crippen LogP contribution >= 0.6 is 0 Å². The molecular weight excluding hydrogens is 1340 g/mol. The molecule has 0 aliphatic rings. The van der Waals surface area contributed by atoms with Crippen molar-refractivity contribution in [2.45, 2.75) is 25.7 Å². The number of ether oxygens (including phenoxy) is 8. The predicted molar refractivity (Wildman–Crippen MR) is 357 cm³/mol. The average Bonchev–Trinajstić information content (AvgIpc) is 0.880. The van der Waals surface area contributed by atoms with Crippen LogP contribution in [0.1, 0.15) is 25.7 Å². The van der Waals surface area contributed by atoms with Crippen LogP contribution < -0.4 is 21.3 Å². The molecule has 0 radical (unpaired) electrons. The Balaban J connectivity index is 6.48. The summed E-state index contributed by atoms with van der Waals surface area (Å²) in [4.78, 5) is 175. The summed E-state index contributed by atoms with van der Waals surface area (Å²) in [5.74, 6) is -6.37. The van der Waals surface area contributed by atoms with Gasteiger partial charge in [-0.2, -0.15) is 0 Å². The highest BCUT2D eigenvalue weighted by atomic mass is 16.5. The van der Waals surface area contributed by atoms with Crippen molar-refractivity contribution >= 4 is 70.9 Å². The van der Waals surface area contributed by atoms with Crippen LogP contribution in [0.25, 0.3) is 41.8 Å². The zero-order chi connectivity index (χ0) is 75.6. The summed E-state index contributed by atoms with van der Waals surface area (Å²) in [6, 6.07) is 0. The second-order valence-electron chi connectivity index (χ2n) is 22.4. The van der Waals surface area contributed by atoms with Crippen molar-refractivity contribution in [1.29, 1.82) is 0 Å². The van der Waals surface area contributed by atoms with Crippen LogP contribution in [-0.2, 0) is 95.4 Å². The maximum atomic E-state index is 13.4. The first kappa shape index (κ1) is 91.6. The number of hydrogen-bond acceptors (Lipinski definition) is 24. The summed E-state index contributed by atoms with van der Waals surface area (Å²) in [5.41, 5.74) is 32.1. The third-order valence-corrected chi connectivity index (χ3v) is 13.8. The number of carbonyl (C=O) groups is 12. The lowest BCUT2D eigenvalue weighted by atomic mass is 9.92. The number of nitrogens with one attached hydrogen (secondary N) is 4. The van der Waals surface area contributed by atoms with Gasteiger partial charge in [0.15, 0.2) is 0 Å². The van der Waals surface area contributed by atoms with Gasteiger partial charge in [-0.15, -0.1) is 0 Å². The molecule has 0 aliphatic heterocycles. The van der Waals surface area contributed by atoms with Crippen LogP contribution in [0.15, 0.2) is 20.5 Å². The third kappa shape index (κ3) is 47.3. The molecule has 4 N–H and O–H groups in total. The Labute approximate surface area is 585 Å².